The Morgan fingerprint density at radius 1 is 0.607 bits per heavy atom. The maximum absolute atomic E-state index is 6.38. The van der Waals surface area contributed by atoms with Gasteiger partial charge in [-0.2, -0.15) is 0 Å². The summed E-state index contributed by atoms with van der Waals surface area (Å²) in [5.41, 5.74) is 1.24. The number of hydrogen-bond donors (Lipinski definition) is 0. The molecule has 0 aliphatic heterocycles. The molecule has 0 N–H and O–H groups in total. The molecule has 0 spiro atoms. The second-order valence-electron chi connectivity index (χ2n) is 8.20. The summed E-state index contributed by atoms with van der Waals surface area (Å²) in [6.07, 6.45) is 0. The number of rotatable bonds is 11. The van der Waals surface area contributed by atoms with Gasteiger partial charge in [-0.25, -0.2) is 0 Å². The highest BCUT2D eigenvalue weighted by Gasteiger charge is 2.34. The molecule has 0 radical (unpaired) electrons. The first kappa shape index (κ1) is 23.0. The van der Waals surface area contributed by atoms with Gasteiger partial charge in [-0.3, -0.25) is 0 Å². The highest BCUT2D eigenvalue weighted by Crippen LogP contribution is 2.26. The lowest BCUT2D eigenvalue weighted by atomic mass is 10.2. The predicted octanol–water partition coefficient (Wildman–Crippen LogP) is 6.70. The van der Waals surface area contributed by atoms with Gasteiger partial charge in [0.25, 0.3) is 0 Å². The minimum absolute atomic E-state index is 0.654. The molecule has 0 aliphatic rings. The Morgan fingerprint density at radius 2 is 1.04 bits per heavy atom. The minimum atomic E-state index is -1.44. The molecule has 0 unspecified atom stereocenters. The second-order valence-corrected chi connectivity index (χ2v) is 18.7. The molecule has 154 valence electrons. The zero-order valence-corrected chi connectivity index (χ0v) is 21.0. The van der Waals surface area contributed by atoms with Crippen LogP contribution in [0.1, 0.15) is 47.1 Å². The summed E-state index contributed by atoms with van der Waals surface area (Å²) in [5.74, 6) is 1.09. The van der Waals surface area contributed by atoms with Gasteiger partial charge in [0.2, 0.25) is 0 Å². The van der Waals surface area contributed by atoms with Crippen molar-refractivity contribution in [3.63, 3.8) is 0 Å². The van der Waals surface area contributed by atoms with Gasteiger partial charge in [-0.15, -0.1) is 0 Å². The summed E-state index contributed by atoms with van der Waals surface area (Å²) in [6, 6.07) is 25.9. The van der Waals surface area contributed by atoms with E-state index < -0.39 is 16.1 Å². The van der Waals surface area contributed by atoms with Gasteiger partial charge in [-0.1, -0.05) is 125 Å². The zero-order valence-electron chi connectivity index (χ0n) is 19.0. The minimum Gasteiger partial charge on any atom is -0.489 e. The number of hydrogen-bond acceptors (Lipinski definition) is 1. The fraction of sp³-hybridized carbons (Fsp3) is 0.520. The Bertz CT molecular complexity index is 664. The van der Waals surface area contributed by atoms with Crippen molar-refractivity contribution in [1.82, 2.24) is 0 Å². The maximum Gasteiger partial charge on any atom is 0.119 e. The molecule has 2 rings (SSSR count). The van der Waals surface area contributed by atoms with Gasteiger partial charge in [0.15, 0.2) is 0 Å². The Kier molecular flexibility index (Phi) is 8.57. The van der Waals surface area contributed by atoms with Gasteiger partial charge in [0.1, 0.15) is 12.4 Å². The van der Waals surface area contributed by atoms with Gasteiger partial charge < -0.3 is 4.74 Å². The van der Waals surface area contributed by atoms with Crippen LogP contribution in [0.15, 0.2) is 48.5 Å². The van der Waals surface area contributed by atoms with Crippen molar-refractivity contribution in [2.24, 2.45) is 0 Å². The molecule has 0 atom stereocenters. The first-order chi connectivity index (χ1) is 13.5. The lowest BCUT2D eigenvalue weighted by molar-refractivity contribution is 0.306. The highest BCUT2D eigenvalue weighted by molar-refractivity contribution is 6.94. The van der Waals surface area contributed by atoms with Crippen molar-refractivity contribution in [3.05, 3.63) is 54.1 Å². The monoisotopic (exact) mass is 412 g/mol. The fourth-order valence-corrected chi connectivity index (χ4v) is 12.2. The van der Waals surface area contributed by atoms with E-state index >= 15 is 0 Å². The first-order valence-electron chi connectivity index (χ1n) is 11.4. The molecule has 3 heteroatoms. The van der Waals surface area contributed by atoms with Crippen LogP contribution < -0.4 is 15.1 Å². The van der Waals surface area contributed by atoms with Gasteiger partial charge in [0, 0.05) is 0 Å². The summed E-state index contributed by atoms with van der Waals surface area (Å²) >= 11 is 0. The highest BCUT2D eigenvalue weighted by atomic mass is 28.3. The number of ether oxygens (including phenoxy) is 1. The molecule has 28 heavy (non-hydrogen) atoms. The van der Waals surface area contributed by atoms with E-state index in [2.05, 4.69) is 90.1 Å². The van der Waals surface area contributed by atoms with E-state index in [9.17, 15) is 0 Å². The molecular formula is C25H40OSi2. The molecule has 0 saturated heterocycles. The third-order valence-corrected chi connectivity index (χ3v) is 18.6. The van der Waals surface area contributed by atoms with E-state index in [4.69, 9.17) is 4.74 Å². The van der Waals surface area contributed by atoms with Crippen molar-refractivity contribution in [2.45, 2.75) is 84.4 Å². The van der Waals surface area contributed by atoms with E-state index in [1.54, 1.807) is 10.4 Å². The molecule has 2 aromatic carbocycles. The van der Waals surface area contributed by atoms with Gasteiger partial charge in [0.05, 0.1) is 16.1 Å². The predicted molar refractivity (Wildman–Crippen MR) is 131 cm³/mol. The summed E-state index contributed by atoms with van der Waals surface area (Å²) in [4.78, 5) is 0. The van der Waals surface area contributed by atoms with Crippen LogP contribution in [0.2, 0.25) is 36.3 Å². The third kappa shape index (κ3) is 4.80. The summed E-state index contributed by atoms with van der Waals surface area (Å²) in [7, 11) is -2.88. The van der Waals surface area contributed by atoms with Crippen LogP contribution in [0, 0.1) is 0 Å². The Balaban J connectivity index is 2.51. The van der Waals surface area contributed by atoms with Crippen molar-refractivity contribution < 1.29 is 4.74 Å². The average Bonchev–Trinajstić information content (AvgIpc) is 2.76. The summed E-state index contributed by atoms with van der Waals surface area (Å²) < 4.78 is 6.38. The van der Waals surface area contributed by atoms with Gasteiger partial charge in [-0.05, 0) is 17.7 Å². The third-order valence-electron chi connectivity index (χ3n) is 7.44. The summed E-state index contributed by atoms with van der Waals surface area (Å²) in [5, 5.41) is 3.26. The van der Waals surface area contributed by atoms with Crippen molar-refractivity contribution >= 4 is 26.5 Å². The first-order valence-corrected chi connectivity index (χ1v) is 16.6. The van der Waals surface area contributed by atoms with E-state index in [0.29, 0.717) is 6.61 Å². The molecule has 0 fully saturated rings. The van der Waals surface area contributed by atoms with Gasteiger partial charge >= 0.3 is 0 Å². The molecule has 0 heterocycles. The largest absolute Gasteiger partial charge is 0.489 e. The Hall–Kier alpha value is -1.33. The molecule has 0 aromatic heterocycles. The normalized spacial score (nSPS) is 12.2. The van der Waals surface area contributed by atoms with E-state index in [1.165, 1.54) is 41.8 Å². The van der Waals surface area contributed by atoms with Crippen LogP contribution in [0.25, 0.3) is 0 Å². The molecule has 0 saturated carbocycles. The topological polar surface area (TPSA) is 9.23 Å². The van der Waals surface area contributed by atoms with Crippen LogP contribution in [0.4, 0.5) is 0 Å². The van der Waals surface area contributed by atoms with E-state index in [1.807, 2.05) is 0 Å². The fourth-order valence-electron chi connectivity index (χ4n) is 4.76. The summed E-state index contributed by atoms with van der Waals surface area (Å²) in [6.45, 7) is 15.1. The van der Waals surface area contributed by atoms with Crippen LogP contribution in [-0.4, -0.2) is 16.1 Å². The molecule has 1 nitrogen and oxygen atoms in total. The SMILES string of the molecule is CC[Si](CC)(CC)c1cc(OCc2ccccc2)cc([Si](CC)(CC)CC)c1. The molecule has 0 amide bonds. The van der Waals surface area contributed by atoms with Crippen LogP contribution in [0.3, 0.4) is 0 Å². The molecular weight excluding hydrogens is 372 g/mol. The Morgan fingerprint density at radius 3 is 1.43 bits per heavy atom. The second kappa shape index (κ2) is 10.5. The number of benzene rings is 2. The quantitative estimate of drug-likeness (QED) is 0.373. The lowest BCUT2D eigenvalue weighted by Gasteiger charge is -2.34. The average molecular weight is 413 g/mol. The van der Waals surface area contributed by atoms with E-state index in [0.717, 1.165) is 5.75 Å². The van der Waals surface area contributed by atoms with Crippen molar-refractivity contribution in [1.29, 1.82) is 0 Å². The van der Waals surface area contributed by atoms with Crippen LogP contribution >= 0.6 is 0 Å². The molecule has 0 aliphatic carbocycles. The van der Waals surface area contributed by atoms with Crippen molar-refractivity contribution in [2.75, 3.05) is 0 Å². The Labute approximate surface area is 175 Å². The zero-order chi connectivity index (χ0) is 20.6. The van der Waals surface area contributed by atoms with Crippen LogP contribution in [-0.2, 0) is 6.61 Å². The molecule has 2 aromatic rings. The smallest absolute Gasteiger partial charge is 0.119 e. The standard InChI is InChI=1S/C25H40OSi2/c1-7-27(8-2,9-3)24-18-23(26-21-22-16-14-13-15-17-22)19-25(20-24)28(10-4,11-5)12-6/h13-20H,7-12,21H2,1-6H3. The maximum atomic E-state index is 6.38. The lowest BCUT2D eigenvalue weighted by Crippen LogP contribution is -2.52. The van der Waals surface area contributed by atoms with Crippen molar-refractivity contribution in [3.8, 4) is 5.75 Å². The van der Waals surface area contributed by atoms with Crippen LogP contribution in [0.5, 0.6) is 5.75 Å². The van der Waals surface area contributed by atoms with E-state index in [-0.39, 0.29) is 0 Å². The molecule has 0 bridgehead atoms.